The van der Waals surface area contributed by atoms with E-state index in [2.05, 4.69) is 53.1 Å². The lowest BCUT2D eigenvalue weighted by atomic mass is 9.99. The molecule has 1 fully saturated rings. The lowest BCUT2D eigenvalue weighted by Crippen LogP contribution is -2.42. The summed E-state index contributed by atoms with van der Waals surface area (Å²) in [5.41, 5.74) is 7.19. The summed E-state index contributed by atoms with van der Waals surface area (Å²) in [6, 6.07) is 16.2. The maximum atomic E-state index is 3.59. The second-order valence-electron chi connectivity index (χ2n) is 5.46. The number of nitrogens with one attached hydrogen (secondary N) is 2. The van der Waals surface area contributed by atoms with Crippen molar-refractivity contribution in [3.63, 3.8) is 0 Å². The molecule has 4 rings (SSSR count). The minimum atomic E-state index is 0.461. The maximum absolute atomic E-state index is 3.59. The van der Waals surface area contributed by atoms with Gasteiger partial charge in [-0.3, -0.25) is 0 Å². The number of hydrogen-bond acceptors (Lipinski definition) is 2. The van der Waals surface area contributed by atoms with Crippen molar-refractivity contribution in [3.8, 4) is 11.1 Å². The van der Waals surface area contributed by atoms with Crippen LogP contribution in [-0.2, 0) is 6.42 Å². The minimum Gasteiger partial charge on any atom is -0.314 e. The van der Waals surface area contributed by atoms with Crippen LogP contribution in [0.2, 0.25) is 0 Å². The first-order valence-corrected chi connectivity index (χ1v) is 7.07. The van der Waals surface area contributed by atoms with Gasteiger partial charge in [0, 0.05) is 25.7 Å². The van der Waals surface area contributed by atoms with Gasteiger partial charge >= 0.3 is 0 Å². The third kappa shape index (κ3) is 1.88. The molecule has 2 aliphatic rings. The van der Waals surface area contributed by atoms with Crippen LogP contribution < -0.4 is 10.6 Å². The Balaban J connectivity index is 1.71. The van der Waals surface area contributed by atoms with Gasteiger partial charge < -0.3 is 10.6 Å². The molecule has 2 aromatic carbocycles. The Morgan fingerprint density at radius 2 is 1.79 bits per heavy atom. The highest BCUT2D eigenvalue weighted by molar-refractivity contribution is 5.77. The monoisotopic (exact) mass is 250 g/mol. The summed E-state index contributed by atoms with van der Waals surface area (Å²) < 4.78 is 0. The minimum absolute atomic E-state index is 0.461. The van der Waals surface area contributed by atoms with Gasteiger partial charge in [0.2, 0.25) is 0 Å². The van der Waals surface area contributed by atoms with Gasteiger partial charge in [0.25, 0.3) is 0 Å². The molecule has 2 heteroatoms. The Bertz CT molecular complexity index is 612. The van der Waals surface area contributed by atoms with Crippen LogP contribution in [0.5, 0.6) is 0 Å². The zero-order valence-electron chi connectivity index (χ0n) is 10.9. The molecular formula is C17H18N2. The molecular weight excluding hydrogens is 232 g/mol. The highest BCUT2D eigenvalue weighted by atomic mass is 15.1. The fourth-order valence-electron chi connectivity index (χ4n) is 3.27. The summed E-state index contributed by atoms with van der Waals surface area (Å²) in [4.78, 5) is 0. The van der Waals surface area contributed by atoms with E-state index in [0.29, 0.717) is 6.04 Å². The molecule has 1 atom stereocenters. The molecule has 0 amide bonds. The zero-order valence-corrected chi connectivity index (χ0v) is 10.9. The van der Waals surface area contributed by atoms with Crippen molar-refractivity contribution in [2.75, 3.05) is 19.6 Å². The molecule has 1 heterocycles. The van der Waals surface area contributed by atoms with Gasteiger partial charge in [0.1, 0.15) is 0 Å². The lowest BCUT2D eigenvalue weighted by Gasteiger charge is -2.25. The van der Waals surface area contributed by atoms with Crippen molar-refractivity contribution in [1.29, 1.82) is 0 Å². The second kappa shape index (κ2) is 4.48. The molecule has 96 valence electrons. The highest BCUT2D eigenvalue weighted by Crippen LogP contribution is 2.37. The van der Waals surface area contributed by atoms with Crippen molar-refractivity contribution in [2.24, 2.45) is 0 Å². The van der Waals surface area contributed by atoms with Crippen LogP contribution in [-0.4, -0.2) is 19.6 Å². The van der Waals surface area contributed by atoms with Crippen LogP contribution in [0.15, 0.2) is 42.5 Å². The highest BCUT2D eigenvalue weighted by Gasteiger charge is 2.20. The van der Waals surface area contributed by atoms with E-state index in [4.69, 9.17) is 0 Å². The van der Waals surface area contributed by atoms with Gasteiger partial charge in [0.15, 0.2) is 0 Å². The van der Waals surface area contributed by atoms with E-state index in [1.54, 1.807) is 0 Å². The molecule has 0 saturated carbocycles. The van der Waals surface area contributed by atoms with Gasteiger partial charge in [-0.1, -0.05) is 42.5 Å². The SMILES string of the molecule is c1ccc2c(c1)Cc1cc([C@H]3CNCCN3)ccc1-2. The summed E-state index contributed by atoms with van der Waals surface area (Å²) in [6.45, 7) is 3.17. The van der Waals surface area contributed by atoms with E-state index in [1.165, 1.54) is 27.8 Å². The predicted octanol–water partition coefficient (Wildman–Crippen LogP) is 2.49. The van der Waals surface area contributed by atoms with E-state index < -0.39 is 0 Å². The van der Waals surface area contributed by atoms with Gasteiger partial charge in [0.05, 0.1) is 0 Å². The van der Waals surface area contributed by atoms with Gasteiger partial charge in [-0.25, -0.2) is 0 Å². The van der Waals surface area contributed by atoms with Crippen molar-refractivity contribution < 1.29 is 0 Å². The number of rotatable bonds is 1. The first kappa shape index (κ1) is 11.2. The number of piperazine rings is 1. The Hall–Kier alpha value is -1.64. The summed E-state index contributed by atoms with van der Waals surface area (Å²) in [5.74, 6) is 0. The topological polar surface area (TPSA) is 24.1 Å². The third-order valence-electron chi connectivity index (χ3n) is 4.26. The van der Waals surface area contributed by atoms with E-state index in [9.17, 15) is 0 Å². The quantitative estimate of drug-likeness (QED) is 0.693. The normalized spacial score (nSPS) is 20.9. The van der Waals surface area contributed by atoms with Crippen molar-refractivity contribution >= 4 is 0 Å². The molecule has 0 aromatic heterocycles. The summed E-state index contributed by atoms with van der Waals surface area (Å²) >= 11 is 0. The van der Waals surface area contributed by atoms with Crippen LogP contribution >= 0.6 is 0 Å². The standard InChI is InChI=1S/C17H18N2/c1-2-4-15-12(3-1)9-14-10-13(5-6-16(14)15)17-11-18-7-8-19-17/h1-6,10,17-19H,7-9,11H2/t17-/m1/s1. The first-order valence-electron chi connectivity index (χ1n) is 7.07. The van der Waals surface area contributed by atoms with E-state index in [1.807, 2.05) is 0 Å². The summed E-state index contributed by atoms with van der Waals surface area (Å²) in [7, 11) is 0. The van der Waals surface area contributed by atoms with Crippen molar-refractivity contribution in [2.45, 2.75) is 12.5 Å². The summed E-state index contributed by atoms with van der Waals surface area (Å²) in [5, 5.41) is 7.04. The second-order valence-corrected chi connectivity index (χ2v) is 5.46. The fraction of sp³-hybridized carbons (Fsp3) is 0.294. The van der Waals surface area contributed by atoms with Gasteiger partial charge in [-0.05, 0) is 34.2 Å². The van der Waals surface area contributed by atoms with Crippen molar-refractivity contribution in [3.05, 3.63) is 59.2 Å². The number of hydrogen-bond donors (Lipinski definition) is 2. The maximum Gasteiger partial charge on any atom is 0.0447 e. The van der Waals surface area contributed by atoms with E-state index in [-0.39, 0.29) is 0 Å². The average molecular weight is 250 g/mol. The van der Waals surface area contributed by atoms with Crippen LogP contribution in [0.4, 0.5) is 0 Å². The first-order chi connectivity index (χ1) is 9.42. The molecule has 0 bridgehead atoms. The molecule has 2 nitrogen and oxygen atoms in total. The molecule has 1 aliphatic carbocycles. The molecule has 2 N–H and O–H groups in total. The molecule has 1 saturated heterocycles. The molecule has 19 heavy (non-hydrogen) atoms. The Morgan fingerprint density at radius 1 is 0.895 bits per heavy atom. The van der Waals surface area contributed by atoms with Crippen LogP contribution in [0.25, 0.3) is 11.1 Å². The Kier molecular flexibility index (Phi) is 2.64. The third-order valence-corrected chi connectivity index (χ3v) is 4.26. The zero-order chi connectivity index (χ0) is 12.7. The average Bonchev–Trinajstić information content (AvgIpc) is 2.86. The number of fused-ring (bicyclic) bond motifs is 3. The largest absolute Gasteiger partial charge is 0.314 e. The van der Waals surface area contributed by atoms with Crippen molar-refractivity contribution in [1.82, 2.24) is 10.6 Å². The van der Waals surface area contributed by atoms with Crippen LogP contribution in [0, 0.1) is 0 Å². The summed E-state index contributed by atoms with van der Waals surface area (Å²) in [6.07, 6.45) is 1.08. The van der Waals surface area contributed by atoms with E-state index >= 15 is 0 Å². The smallest absolute Gasteiger partial charge is 0.0447 e. The molecule has 0 radical (unpaired) electrons. The lowest BCUT2D eigenvalue weighted by molar-refractivity contribution is 0.430. The van der Waals surface area contributed by atoms with Gasteiger partial charge in [-0.15, -0.1) is 0 Å². The van der Waals surface area contributed by atoms with Gasteiger partial charge in [-0.2, -0.15) is 0 Å². The fourth-order valence-corrected chi connectivity index (χ4v) is 3.27. The number of benzene rings is 2. The molecule has 0 spiro atoms. The molecule has 0 unspecified atom stereocenters. The van der Waals surface area contributed by atoms with Crippen LogP contribution in [0.1, 0.15) is 22.7 Å². The molecule has 2 aromatic rings. The Labute approximate surface area is 113 Å². The predicted molar refractivity (Wildman–Crippen MR) is 78.3 cm³/mol. The van der Waals surface area contributed by atoms with Crippen LogP contribution in [0.3, 0.4) is 0 Å². The van der Waals surface area contributed by atoms with E-state index in [0.717, 1.165) is 26.1 Å². The Morgan fingerprint density at radius 3 is 2.68 bits per heavy atom. The molecule has 1 aliphatic heterocycles.